The van der Waals surface area contributed by atoms with Gasteiger partial charge in [-0.3, -0.25) is 14.7 Å². The summed E-state index contributed by atoms with van der Waals surface area (Å²) in [4.78, 5) is 35.5. The fourth-order valence-corrected chi connectivity index (χ4v) is 3.08. The van der Waals surface area contributed by atoms with E-state index >= 15 is 0 Å². The standard InChI is InChI=1S/C17H18N4O6/c1-26-7-15(23)20-12-3-9-8(10-6-18-21-16(10)17(24)25)4-14(22)19-11(9)5-13(12)27-2/h3,5-6,8H,4,7H2,1-2H3,(H,18,21)(H,19,22)(H,20,23)(H,24,25)/t8-/m0/s1. The lowest BCUT2D eigenvalue weighted by Gasteiger charge is -2.27. The molecule has 1 aromatic carbocycles. The number of nitrogens with zero attached hydrogens (tertiary/aromatic N) is 1. The molecule has 0 fully saturated rings. The first kappa shape index (κ1) is 18.4. The number of carboxylic acid groups (broad SMARTS) is 1. The van der Waals surface area contributed by atoms with Gasteiger partial charge in [-0.05, 0) is 11.6 Å². The summed E-state index contributed by atoms with van der Waals surface area (Å²) < 4.78 is 10.1. The van der Waals surface area contributed by atoms with Gasteiger partial charge in [-0.15, -0.1) is 0 Å². The smallest absolute Gasteiger partial charge is 0.354 e. The molecule has 4 N–H and O–H groups in total. The number of methoxy groups -OCH3 is 2. The highest BCUT2D eigenvalue weighted by Crippen LogP contribution is 2.42. The summed E-state index contributed by atoms with van der Waals surface area (Å²) in [7, 11) is 2.84. The van der Waals surface area contributed by atoms with E-state index in [0.29, 0.717) is 28.3 Å². The summed E-state index contributed by atoms with van der Waals surface area (Å²) in [6, 6.07) is 3.24. The van der Waals surface area contributed by atoms with E-state index in [2.05, 4.69) is 20.8 Å². The third kappa shape index (κ3) is 3.60. The average molecular weight is 374 g/mol. The van der Waals surface area contributed by atoms with Crippen LogP contribution in [0.4, 0.5) is 11.4 Å². The molecule has 2 heterocycles. The molecule has 0 radical (unpaired) electrons. The van der Waals surface area contributed by atoms with Gasteiger partial charge in [0.25, 0.3) is 0 Å². The van der Waals surface area contributed by atoms with Gasteiger partial charge in [-0.25, -0.2) is 4.79 Å². The minimum atomic E-state index is -1.17. The van der Waals surface area contributed by atoms with Crippen molar-refractivity contribution in [3.05, 3.63) is 35.2 Å². The van der Waals surface area contributed by atoms with Crippen molar-refractivity contribution in [3.63, 3.8) is 0 Å². The van der Waals surface area contributed by atoms with Crippen molar-refractivity contribution in [2.24, 2.45) is 0 Å². The zero-order chi connectivity index (χ0) is 19.6. The number of aromatic carboxylic acids is 1. The Morgan fingerprint density at radius 2 is 2.11 bits per heavy atom. The van der Waals surface area contributed by atoms with Gasteiger partial charge < -0.3 is 25.2 Å². The number of carbonyl (C=O) groups is 3. The van der Waals surface area contributed by atoms with E-state index in [1.807, 2.05) is 0 Å². The van der Waals surface area contributed by atoms with E-state index in [1.165, 1.54) is 20.4 Å². The van der Waals surface area contributed by atoms with Crippen LogP contribution in [-0.2, 0) is 14.3 Å². The molecule has 142 valence electrons. The maximum Gasteiger partial charge on any atom is 0.354 e. The second-order valence-corrected chi connectivity index (χ2v) is 5.93. The fourth-order valence-electron chi connectivity index (χ4n) is 3.08. The molecule has 0 aliphatic carbocycles. The van der Waals surface area contributed by atoms with Crippen LogP contribution in [0.15, 0.2) is 18.3 Å². The van der Waals surface area contributed by atoms with Crippen molar-refractivity contribution in [3.8, 4) is 5.75 Å². The van der Waals surface area contributed by atoms with Crippen LogP contribution >= 0.6 is 0 Å². The number of rotatable bonds is 6. The number of hydrogen-bond donors (Lipinski definition) is 4. The van der Waals surface area contributed by atoms with Crippen LogP contribution in [0, 0.1) is 0 Å². The molecule has 2 amide bonds. The number of benzene rings is 1. The van der Waals surface area contributed by atoms with E-state index < -0.39 is 11.9 Å². The van der Waals surface area contributed by atoms with E-state index in [-0.39, 0.29) is 30.5 Å². The normalized spacial score (nSPS) is 15.6. The Kier molecular flexibility index (Phi) is 5.08. The van der Waals surface area contributed by atoms with Crippen molar-refractivity contribution in [1.29, 1.82) is 0 Å². The van der Waals surface area contributed by atoms with E-state index in [1.54, 1.807) is 12.1 Å². The maximum absolute atomic E-state index is 12.1. The van der Waals surface area contributed by atoms with Crippen LogP contribution in [0.1, 0.15) is 34.0 Å². The van der Waals surface area contributed by atoms with E-state index in [4.69, 9.17) is 9.47 Å². The Morgan fingerprint density at radius 1 is 1.33 bits per heavy atom. The number of nitrogens with one attached hydrogen (secondary N) is 3. The number of amides is 2. The Balaban J connectivity index is 2.08. The topological polar surface area (TPSA) is 143 Å². The predicted octanol–water partition coefficient (Wildman–Crippen LogP) is 1.18. The zero-order valence-corrected chi connectivity index (χ0v) is 14.7. The molecular weight excluding hydrogens is 356 g/mol. The van der Waals surface area contributed by atoms with Gasteiger partial charge in [0.1, 0.15) is 18.1 Å². The van der Waals surface area contributed by atoms with Gasteiger partial charge in [0, 0.05) is 36.8 Å². The summed E-state index contributed by atoms with van der Waals surface area (Å²) in [6.07, 6.45) is 1.44. The molecule has 0 saturated heterocycles. The van der Waals surface area contributed by atoms with Gasteiger partial charge in [0.2, 0.25) is 11.8 Å². The second-order valence-electron chi connectivity index (χ2n) is 5.93. The van der Waals surface area contributed by atoms with Crippen molar-refractivity contribution >= 4 is 29.2 Å². The van der Waals surface area contributed by atoms with Crippen LogP contribution in [0.3, 0.4) is 0 Å². The molecule has 1 aliphatic heterocycles. The van der Waals surface area contributed by atoms with Gasteiger partial charge >= 0.3 is 5.97 Å². The summed E-state index contributed by atoms with van der Waals surface area (Å²) in [5.74, 6) is -1.99. The molecule has 0 bridgehead atoms. The Morgan fingerprint density at radius 3 is 2.78 bits per heavy atom. The van der Waals surface area contributed by atoms with Crippen molar-refractivity contribution in [2.75, 3.05) is 31.5 Å². The lowest BCUT2D eigenvalue weighted by molar-refractivity contribution is -0.119. The van der Waals surface area contributed by atoms with Crippen LogP contribution in [0.2, 0.25) is 0 Å². The minimum Gasteiger partial charge on any atom is -0.494 e. The number of anilines is 2. The SMILES string of the molecule is COCC(=O)Nc1cc2c(cc1OC)NC(=O)C[C@@H]2c1cn[nH]c1C(=O)O. The molecule has 27 heavy (non-hydrogen) atoms. The summed E-state index contributed by atoms with van der Waals surface area (Å²) in [5.41, 5.74) is 1.82. The monoisotopic (exact) mass is 374 g/mol. The summed E-state index contributed by atoms with van der Waals surface area (Å²) >= 11 is 0. The molecule has 1 aliphatic rings. The lowest BCUT2D eigenvalue weighted by Crippen LogP contribution is -2.25. The molecule has 0 saturated carbocycles. The number of aromatic nitrogens is 2. The molecule has 1 atom stereocenters. The minimum absolute atomic E-state index is 0.0462. The highest BCUT2D eigenvalue weighted by atomic mass is 16.5. The van der Waals surface area contributed by atoms with Gasteiger partial charge in [-0.1, -0.05) is 0 Å². The van der Waals surface area contributed by atoms with Crippen LogP contribution in [-0.4, -0.2) is 53.9 Å². The van der Waals surface area contributed by atoms with Crippen LogP contribution in [0.25, 0.3) is 0 Å². The number of ether oxygens (including phenoxy) is 2. The molecule has 10 heteroatoms. The summed E-state index contributed by atoms with van der Waals surface area (Å²) in [5, 5.41) is 21.0. The first-order chi connectivity index (χ1) is 12.9. The van der Waals surface area contributed by atoms with Gasteiger partial charge in [0.05, 0.1) is 19.0 Å². The van der Waals surface area contributed by atoms with Crippen molar-refractivity contribution < 1.29 is 29.0 Å². The molecule has 1 aromatic heterocycles. The maximum atomic E-state index is 12.1. The Labute approximate surface area is 153 Å². The van der Waals surface area contributed by atoms with E-state index in [0.717, 1.165) is 0 Å². The average Bonchev–Trinajstić information content (AvgIpc) is 3.11. The Hall–Kier alpha value is -3.40. The fraction of sp³-hybridized carbons (Fsp3) is 0.294. The second kappa shape index (κ2) is 7.46. The van der Waals surface area contributed by atoms with Crippen LogP contribution < -0.4 is 15.4 Å². The highest BCUT2D eigenvalue weighted by molar-refractivity contribution is 5.99. The van der Waals surface area contributed by atoms with Crippen molar-refractivity contribution in [1.82, 2.24) is 10.2 Å². The first-order valence-corrected chi connectivity index (χ1v) is 8.01. The third-order valence-electron chi connectivity index (χ3n) is 4.22. The highest BCUT2D eigenvalue weighted by Gasteiger charge is 2.32. The third-order valence-corrected chi connectivity index (χ3v) is 4.22. The summed E-state index contributed by atoms with van der Waals surface area (Å²) in [6.45, 7) is -0.134. The molecule has 2 aromatic rings. The number of hydrogen-bond acceptors (Lipinski definition) is 6. The quantitative estimate of drug-likeness (QED) is 0.594. The lowest BCUT2D eigenvalue weighted by atomic mass is 9.84. The number of carbonyl (C=O) groups excluding carboxylic acids is 2. The largest absolute Gasteiger partial charge is 0.494 e. The van der Waals surface area contributed by atoms with Crippen LogP contribution in [0.5, 0.6) is 5.75 Å². The number of H-pyrrole nitrogens is 1. The first-order valence-electron chi connectivity index (χ1n) is 8.01. The molecule has 0 unspecified atom stereocenters. The number of aromatic amines is 1. The zero-order valence-electron chi connectivity index (χ0n) is 14.7. The van der Waals surface area contributed by atoms with Crippen molar-refractivity contribution in [2.45, 2.75) is 12.3 Å². The molecule has 3 rings (SSSR count). The van der Waals surface area contributed by atoms with Gasteiger partial charge in [-0.2, -0.15) is 5.10 Å². The molecule has 10 nitrogen and oxygen atoms in total. The molecule has 0 spiro atoms. The predicted molar refractivity (Wildman–Crippen MR) is 94.1 cm³/mol. The Bertz CT molecular complexity index is 907. The number of fused-ring (bicyclic) bond motifs is 1. The van der Waals surface area contributed by atoms with Gasteiger partial charge in [0.15, 0.2) is 0 Å². The number of carboxylic acids is 1. The van der Waals surface area contributed by atoms with E-state index in [9.17, 15) is 19.5 Å². The molecular formula is C17H18N4O6.